The minimum Gasteiger partial charge on any atom is -0.351 e. The summed E-state index contributed by atoms with van der Waals surface area (Å²) in [5.41, 5.74) is 0.331. The monoisotopic (exact) mass is 281 g/mol. The Morgan fingerprint density at radius 1 is 1.37 bits per heavy atom. The van der Waals surface area contributed by atoms with Crippen LogP contribution >= 0.6 is 11.6 Å². The Kier molecular flexibility index (Phi) is 4.74. The molecule has 0 aliphatic carbocycles. The number of hydrogen-bond acceptors (Lipinski definition) is 3. The van der Waals surface area contributed by atoms with E-state index in [9.17, 15) is 9.59 Å². The van der Waals surface area contributed by atoms with Gasteiger partial charge in [0.15, 0.2) is 0 Å². The van der Waals surface area contributed by atoms with Gasteiger partial charge in [-0.3, -0.25) is 14.6 Å². The molecule has 1 fully saturated rings. The summed E-state index contributed by atoms with van der Waals surface area (Å²) in [6.45, 7) is 1.99. The molecule has 6 heteroatoms. The Bertz CT molecular complexity index is 473. The van der Waals surface area contributed by atoms with Crippen LogP contribution in [-0.4, -0.2) is 41.3 Å². The van der Waals surface area contributed by atoms with Crippen molar-refractivity contribution < 1.29 is 9.59 Å². The summed E-state index contributed by atoms with van der Waals surface area (Å²) in [5, 5.41) is 3.04. The third-order valence-electron chi connectivity index (χ3n) is 3.10. The van der Waals surface area contributed by atoms with Crippen LogP contribution in [0.15, 0.2) is 18.5 Å². The molecule has 1 aromatic heterocycles. The highest BCUT2D eigenvalue weighted by molar-refractivity contribution is 6.33. The van der Waals surface area contributed by atoms with Crippen molar-refractivity contribution in [3.63, 3.8) is 0 Å². The SMILES string of the molecule is O=C(NCCC(=O)N1CCCC1)c1cnccc1Cl. The van der Waals surface area contributed by atoms with E-state index < -0.39 is 0 Å². The van der Waals surface area contributed by atoms with Gasteiger partial charge in [0, 0.05) is 38.4 Å². The smallest absolute Gasteiger partial charge is 0.254 e. The summed E-state index contributed by atoms with van der Waals surface area (Å²) in [5.74, 6) is -0.206. The minimum absolute atomic E-state index is 0.0927. The number of pyridine rings is 1. The van der Waals surface area contributed by atoms with E-state index in [1.165, 1.54) is 12.4 Å². The fourth-order valence-corrected chi connectivity index (χ4v) is 2.24. The van der Waals surface area contributed by atoms with Gasteiger partial charge in [-0.1, -0.05) is 11.6 Å². The van der Waals surface area contributed by atoms with Crippen molar-refractivity contribution in [2.75, 3.05) is 19.6 Å². The molecular formula is C13H16ClN3O2. The van der Waals surface area contributed by atoms with E-state index in [1.807, 2.05) is 4.90 Å². The van der Waals surface area contributed by atoms with E-state index in [1.54, 1.807) is 6.07 Å². The van der Waals surface area contributed by atoms with E-state index in [-0.39, 0.29) is 11.8 Å². The fourth-order valence-electron chi connectivity index (χ4n) is 2.05. The first-order valence-corrected chi connectivity index (χ1v) is 6.72. The van der Waals surface area contributed by atoms with Crippen molar-refractivity contribution in [2.45, 2.75) is 19.3 Å². The van der Waals surface area contributed by atoms with Gasteiger partial charge >= 0.3 is 0 Å². The predicted octanol–water partition coefficient (Wildman–Crippen LogP) is 1.48. The van der Waals surface area contributed by atoms with E-state index >= 15 is 0 Å². The van der Waals surface area contributed by atoms with Crippen LogP contribution in [0.3, 0.4) is 0 Å². The average molecular weight is 282 g/mol. The molecule has 2 heterocycles. The van der Waals surface area contributed by atoms with Crippen LogP contribution in [0, 0.1) is 0 Å². The third kappa shape index (κ3) is 3.67. The lowest BCUT2D eigenvalue weighted by molar-refractivity contribution is -0.129. The molecule has 2 amide bonds. The first-order valence-electron chi connectivity index (χ1n) is 6.34. The van der Waals surface area contributed by atoms with E-state index in [4.69, 9.17) is 11.6 Å². The molecule has 102 valence electrons. The van der Waals surface area contributed by atoms with Gasteiger partial charge in [0.1, 0.15) is 0 Å². The van der Waals surface area contributed by atoms with Crippen LogP contribution in [-0.2, 0) is 4.79 Å². The molecule has 0 saturated carbocycles. The number of rotatable bonds is 4. The predicted molar refractivity (Wildman–Crippen MR) is 72.0 cm³/mol. The van der Waals surface area contributed by atoms with Crippen molar-refractivity contribution in [2.24, 2.45) is 0 Å². The summed E-state index contributed by atoms with van der Waals surface area (Å²) in [4.78, 5) is 29.3. The summed E-state index contributed by atoms with van der Waals surface area (Å²) in [6.07, 6.45) is 5.41. The zero-order valence-electron chi connectivity index (χ0n) is 10.6. The molecule has 19 heavy (non-hydrogen) atoms. The van der Waals surface area contributed by atoms with Crippen LogP contribution in [0.4, 0.5) is 0 Å². The number of hydrogen-bond donors (Lipinski definition) is 1. The first-order chi connectivity index (χ1) is 9.18. The van der Waals surface area contributed by atoms with Crippen LogP contribution in [0.25, 0.3) is 0 Å². The lowest BCUT2D eigenvalue weighted by Gasteiger charge is -2.15. The molecule has 0 aromatic carbocycles. The highest BCUT2D eigenvalue weighted by Gasteiger charge is 2.17. The molecule has 1 aliphatic heterocycles. The van der Waals surface area contributed by atoms with Crippen molar-refractivity contribution >= 4 is 23.4 Å². The Morgan fingerprint density at radius 3 is 2.79 bits per heavy atom. The number of aromatic nitrogens is 1. The number of carbonyl (C=O) groups excluding carboxylic acids is 2. The summed E-state index contributed by atoms with van der Waals surface area (Å²) < 4.78 is 0. The Balaban J connectivity index is 1.78. The molecule has 0 spiro atoms. The average Bonchev–Trinajstić information content (AvgIpc) is 2.93. The number of likely N-dealkylation sites (tertiary alicyclic amines) is 1. The van der Waals surface area contributed by atoms with E-state index in [0.717, 1.165) is 25.9 Å². The van der Waals surface area contributed by atoms with Crippen LogP contribution in [0.5, 0.6) is 0 Å². The second kappa shape index (κ2) is 6.52. The topological polar surface area (TPSA) is 62.3 Å². The quantitative estimate of drug-likeness (QED) is 0.909. The number of amides is 2. The number of nitrogens with one attached hydrogen (secondary N) is 1. The molecule has 1 N–H and O–H groups in total. The van der Waals surface area contributed by atoms with Gasteiger partial charge in [-0.25, -0.2) is 0 Å². The molecule has 1 saturated heterocycles. The van der Waals surface area contributed by atoms with Gasteiger partial charge in [-0.2, -0.15) is 0 Å². The third-order valence-corrected chi connectivity index (χ3v) is 3.43. The molecule has 0 atom stereocenters. The second-order valence-corrected chi connectivity index (χ2v) is 4.86. The molecule has 5 nitrogen and oxygen atoms in total. The molecule has 1 aliphatic rings. The molecule has 0 unspecified atom stereocenters. The fraction of sp³-hybridized carbons (Fsp3) is 0.462. The maximum Gasteiger partial charge on any atom is 0.254 e. The largest absolute Gasteiger partial charge is 0.351 e. The van der Waals surface area contributed by atoms with Crippen LogP contribution in [0.1, 0.15) is 29.6 Å². The number of halogens is 1. The van der Waals surface area contributed by atoms with Crippen molar-refractivity contribution in [3.05, 3.63) is 29.0 Å². The van der Waals surface area contributed by atoms with E-state index in [0.29, 0.717) is 23.6 Å². The highest BCUT2D eigenvalue weighted by Crippen LogP contribution is 2.13. The highest BCUT2D eigenvalue weighted by atomic mass is 35.5. The van der Waals surface area contributed by atoms with E-state index in [2.05, 4.69) is 10.3 Å². The normalized spacial score (nSPS) is 14.5. The van der Waals surface area contributed by atoms with Crippen molar-refractivity contribution in [1.82, 2.24) is 15.2 Å². The van der Waals surface area contributed by atoms with Gasteiger partial charge in [0.05, 0.1) is 10.6 Å². The zero-order valence-corrected chi connectivity index (χ0v) is 11.3. The standard InChI is InChI=1S/C13H16ClN3O2/c14-11-3-5-15-9-10(11)13(19)16-6-4-12(18)17-7-1-2-8-17/h3,5,9H,1-2,4,6-8H2,(H,16,19). The second-order valence-electron chi connectivity index (χ2n) is 4.45. The van der Waals surface area contributed by atoms with Gasteiger partial charge < -0.3 is 10.2 Å². The summed E-state index contributed by atoms with van der Waals surface area (Å²) in [6, 6.07) is 1.56. The number of carbonyl (C=O) groups is 2. The molecule has 1 aromatic rings. The Morgan fingerprint density at radius 2 is 2.11 bits per heavy atom. The first kappa shape index (κ1) is 13.8. The molecule has 0 radical (unpaired) electrons. The number of nitrogens with zero attached hydrogens (tertiary/aromatic N) is 2. The minimum atomic E-state index is -0.299. The van der Waals surface area contributed by atoms with Crippen LogP contribution in [0.2, 0.25) is 5.02 Å². The van der Waals surface area contributed by atoms with Crippen LogP contribution < -0.4 is 5.32 Å². The molecule has 0 bridgehead atoms. The molecular weight excluding hydrogens is 266 g/mol. The zero-order chi connectivity index (χ0) is 13.7. The Labute approximate surface area is 117 Å². The lowest BCUT2D eigenvalue weighted by atomic mass is 10.2. The van der Waals surface area contributed by atoms with Crippen molar-refractivity contribution in [1.29, 1.82) is 0 Å². The maximum atomic E-state index is 11.8. The lowest BCUT2D eigenvalue weighted by Crippen LogP contribution is -2.32. The van der Waals surface area contributed by atoms with Gasteiger partial charge in [-0.05, 0) is 18.9 Å². The maximum absolute atomic E-state index is 11.8. The molecule has 2 rings (SSSR count). The van der Waals surface area contributed by atoms with Gasteiger partial charge in [0.2, 0.25) is 5.91 Å². The summed E-state index contributed by atoms with van der Waals surface area (Å²) >= 11 is 5.89. The van der Waals surface area contributed by atoms with Crippen molar-refractivity contribution in [3.8, 4) is 0 Å². The summed E-state index contributed by atoms with van der Waals surface area (Å²) in [7, 11) is 0. The van der Waals surface area contributed by atoms with Gasteiger partial charge in [0.25, 0.3) is 5.91 Å². The Hall–Kier alpha value is -1.62. The van der Waals surface area contributed by atoms with Gasteiger partial charge in [-0.15, -0.1) is 0 Å².